The van der Waals surface area contributed by atoms with E-state index in [4.69, 9.17) is 10.5 Å². The van der Waals surface area contributed by atoms with E-state index in [1.807, 2.05) is 42.2 Å². The zero-order valence-corrected chi connectivity index (χ0v) is 11.4. The van der Waals surface area contributed by atoms with Crippen molar-refractivity contribution in [3.05, 3.63) is 30.3 Å². The van der Waals surface area contributed by atoms with Crippen LogP contribution in [-0.4, -0.2) is 31.7 Å². The molecule has 2 unspecified atom stereocenters. The molecule has 2 atom stereocenters. The van der Waals surface area contributed by atoms with E-state index in [0.29, 0.717) is 19.7 Å². The van der Waals surface area contributed by atoms with E-state index >= 15 is 0 Å². The van der Waals surface area contributed by atoms with Crippen LogP contribution < -0.4 is 10.6 Å². The van der Waals surface area contributed by atoms with Crippen LogP contribution in [0.1, 0.15) is 19.8 Å². The predicted molar refractivity (Wildman–Crippen MR) is 76.0 cm³/mol. The van der Waals surface area contributed by atoms with Crippen LogP contribution in [0.2, 0.25) is 0 Å². The lowest BCUT2D eigenvalue weighted by Gasteiger charge is -2.26. The summed E-state index contributed by atoms with van der Waals surface area (Å²) in [6.07, 6.45) is 1.63. The van der Waals surface area contributed by atoms with Crippen molar-refractivity contribution in [3.8, 4) is 0 Å². The maximum Gasteiger partial charge on any atom is 0.232 e. The molecule has 2 N–H and O–H groups in total. The van der Waals surface area contributed by atoms with Crippen molar-refractivity contribution in [2.24, 2.45) is 11.7 Å². The quantitative estimate of drug-likeness (QED) is 0.880. The molecule has 0 aliphatic carbocycles. The summed E-state index contributed by atoms with van der Waals surface area (Å²) in [5, 5.41) is 0. The molecular weight excluding hydrogens is 240 g/mol. The Labute approximate surface area is 114 Å². The second-order valence-electron chi connectivity index (χ2n) is 4.94. The van der Waals surface area contributed by atoms with E-state index in [1.165, 1.54) is 0 Å². The maximum absolute atomic E-state index is 12.7. The second-order valence-corrected chi connectivity index (χ2v) is 4.94. The highest BCUT2D eigenvalue weighted by Gasteiger charge is 2.34. The van der Waals surface area contributed by atoms with Gasteiger partial charge >= 0.3 is 0 Å². The third-order valence-electron chi connectivity index (χ3n) is 3.61. The molecular formula is C15H22N2O2. The summed E-state index contributed by atoms with van der Waals surface area (Å²) >= 11 is 0. The van der Waals surface area contributed by atoms with Crippen LogP contribution in [0.5, 0.6) is 0 Å². The zero-order chi connectivity index (χ0) is 13.7. The highest BCUT2D eigenvalue weighted by atomic mass is 16.5. The number of benzene rings is 1. The lowest BCUT2D eigenvalue weighted by atomic mass is 10.0. The lowest BCUT2D eigenvalue weighted by Crippen LogP contribution is -2.40. The molecule has 1 aromatic carbocycles. The number of ether oxygens (including phenoxy) is 1. The first-order chi connectivity index (χ1) is 9.24. The Morgan fingerprint density at radius 3 is 2.74 bits per heavy atom. The molecule has 0 radical (unpaired) electrons. The van der Waals surface area contributed by atoms with Crippen LogP contribution in [0.3, 0.4) is 0 Å². The van der Waals surface area contributed by atoms with Gasteiger partial charge in [-0.25, -0.2) is 0 Å². The van der Waals surface area contributed by atoms with Gasteiger partial charge in [0.2, 0.25) is 5.91 Å². The number of para-hydroxylation sites is 1. The number of nitrogens with two attached hydrogens (primary N) is 1. The van der Waals surface area contributed by atoms with E-state index in [0.717, 1.165) is 18.5 Å². The molecule has 1 heterocycles. The minimum Gasteiger partial charge on any atom is -0.378 e. The summed E-state index contributed by atoms with van der Waals surface area (Å²) in [5.41, 5.74) is 6.52. The molecule has 4 heteroatoms. The monoisotopic (exact) mass is 262 g/mol. The van der Waals surface area contributed by atoms with E-state index in [2.05, 4.69) is 0 Å². The van der Waals surface area contributed by atoms with Crippen molar-refractivity contribution in [3.63, 3.8) is 0 Å². The van der Waals surface area contributed by atoms with Crippen LogP contribution in [0.25, 0.3) is 0 Å². The Hall–Kier alpha value is -1.39. The average Bonchev–Trinajstić information content (AvgIpc) is 2.86. The van der Waals surface area contributed by atoms with Gasteiger partial charge in [0.25, 0.3) is 0 Å². The first-order valence-corrected chi connectivity index (χ1v) is 6.92. The van der Waals surface area contributed by atoms with Gasteiger partial charge in [0.05, 0.1) is 12.0 Å². The first kappa shape index (κ1) is 14.0. The molecule has 0 saturated carbocycles. The first-order valence-electron chi connectivity index (χ1n) is 6.92. The van der Waals surface area contributed by atoms with Crippen molar-refractivity contribution in [2.75, 3.05) is 24.6 Å². The predicted octanol–water partition coefficient (Wildman–Crippen LogP) is 1.79. The Kier molecular flexibility index (Phi) is 4.93. The van der Waals surface area contributed by atoms with Crippen molar-refractivity contribution >= 4 is 11.6 Å². The van der Waals surface area contributed by atoms with Crippen LogP contribution in [0, 0.1) is 5.92 Å². The molecule has 0 spiro atoms. The van der Waals surface area contributed by atoms with Gasteiger partial charge in [0.15, 0.2) is 0 Å². The number of anilines is 1. The molecule has 104 valence electrons. The van der Waals surface area contributed by atoms with Gasteiger partial charge in [-0.3, -0.25) is 4.79 Å². The van der Waals surface area contributed by atoms with Crippen molar-refractivity contribution in [1.29, 1.82) is 0 Å². The van der Waals surface area contributed by atoms with Gasteiger partial charge in [-0.05, 0) is 38.4 Å². The van der Waals surface area contributed by atoms with Crippen LogP contribution in [-0.2, 0) is 9.53 Å². The molecule has 1 aliphatic rings. The summed E-state index contributed by atoms with van der Waals surface area (Å²) in [6, 6.07) is 9.79. The second kappa shape index (κ2) is 6.68. The van der Waals surface area contributed by atoms with Gasteiger partial charge in [0, 0.05) is 18.8 Å². The Morgan fingerprint density at radius 2 is 2.16 bits per heavy atom. The fraction of sp³-hybridized carbons (Fsp3) is 0.533. The average molecular weight is 262 g/mol. The lowest BCUT2D eigenvalue weighted by molar-refractivity contribution is -0.123. The number of hydrogen-bond donors (Lipinski definition) is 1. The number of carbonyl (C=O) groups is 1. The molecule has 1 fully saturated rings. The Bertz CT molecular complexity index is 408. The molecule has 4 nitrogen and oxygen atoms in total. The number of hydrogen-bond acceptors (Lipinski definition) is 3. The van der Waals surface area contributed by atoms with Crippen molar-refractivity contribution in [2.45, 2.75) is 25.9 Å². The van der Waals surface area contributed by atoms with Gasteiger partial charge in [-0.1, -0.05) is 18.2 Å². The minimum atomic E-state index is -0.0296. The molecule has 0 aromatic heterocycles. The van der Waals surface area contributed by atoms with Crippen LogP contribution >= 0.6 is 0 Å². The summed E-state index contributed by atoms with van der Waals surface area (Å²) in [5.74, 6) is 0.127. The molecule has 19 heavy (non-hydrogen) atoms. The highest BCUT2D eigenvalue weighted by Crippen LogP contribution is 2.25. The van der Waals surface area contributed by atoms with Crippen molar-refractivity contribution < 1.29 is 9.53 Å². The van der Waals surface area contributed by atoms with Gasteiger partial charge < -0.3 is 15.4 Å². The van der Waals surface area contributed by atoms with E-state index in [1.54, 1.807) is 0 Å². The Morgan fingerprint density at radius 1 is 1.42 bits per heavy atom. The largest absolute Gasteiger partial charge is 0.378 e. The van der Waals surface area contributed by atoms with Gasteiger partial charge in [0.1, 0.15) is 0 Å². The smallest absolute Gasteiger partial charge is 0.232 e. The SMILES string of the molecule is CC1OCCC1C(=O)N(CCCN)c1ccccc1. The summed E-state index contributed by atoms with van der Waals surface area (Å²) in [4.78, 5) is 14.5. The molecule has 2 rings (SSSR count). The number of carbonyl (C=O) groups excluding carboxylic acids is 1. The standard InChI is InChI=1S/C15H22N2O2/c1-12-14(8-11-19-12)15(18)17(10-5-9-16)13-6-3-2-4-7-13/h2-4,6-7,12,14H,5,8-11,16H2,1H3. The number of rotatable bonds is 5. The third kappa shape index (κ3) is 3.33. The van der Waals surface area contributed by atoms with Gasteiger partial charge in [-0.2, -0.15) is 0 Å². The molecule has 0 bridgehead atoms. The van der Waals surface area contributed by atoms with E-state index < -0.39 is 0 Å². The fourth-order valence-corrected chi connectivity index (χ4v) is 2.48. The molecule has 1 saturated heterocycles. The third-order valence-corrected chi connectivity index (χ3v) is 3.61. The van der Waals surface area contributed by atoms with Crippen LogP contribution in [0.4, 0.5) is 5.69 Å². The topological polar surface area (TPSA) is 55.6 Å². The minimum absolute atomic E-state index is 0.0107. The summed E-state index contributed by atoms with van der Waals surface area (Å²) < 4.78 is 5.50. The van der Waals surface area contributed by atoms with E-state index in [-0.39, 0.29) is 17.9 Å². The number of nitrogens with zero attached hydrogens (tertiary/aromatic N) is 1. The molecule has 1 amide bonds. The maximum atomic E-state index is 12.7. The van der Waals surface area contributed by atoms with Gasteiger partial charge in [-0.15, -0.1) is 0 Å². The summed E-state index contributed by atoms with van der Waals surface area (Å²) in [6.45, 7) is 3.91. The highest BCUT2D eigenvalue weighted by molar-refractivity contribution is 5.95. The number of amides is 1. The van der Waals surface area contributed by atoms with Crippen molar-refractivity contribution in [1.82, 2.24) is 0 Å². The molecule has 1 aliphatic heterocycles. The fourth-order valence-electron chi connectivity index (χ4n) is 2.48. The zero-order valence-electron chi connectivity index (χ0n) is 11.4. The Balaban J connectivity index is 2.15. The normalized spacial score (nSPS) is 22.4. The molecule has 1 aromatic rings. The van der Waals surface area contributed by atoms with E-state index in [9.17, 15) is 4.79 Å². The summed E-state index contributed by atoms with van der Waals surface area (Å²) in [7, 11) is 0. The van der Waals surface area contributed by atoms with Crippen LogP contribution in [0.15, 0.2) is 30.3 Å².